The minimum atomic E-state index is 0.837. The molecule has 0 saturated heterocycles. The maximum absolute atomic E-state index is 5.42. The van der Waals surface area contributed by atoms with Gasteiger partial charge in [0.05, 0.1) is 20.4 Å². The van der Waals surface area contributed by atoms with E-state index in [-0.39, 0.29) is 0 Å². The van der Waals surface area contributed by atoms with Gasteiger partial charge in [-0.1, -0.05) is 121 Å². The normalized spacial score (nSPS) is 11.9. The lowest BCUT2D eigenvalue weighted by Gasteiger charge is -2.06. The topological polar surface area (TPSA) is 57.4 Å². The largest absolute Gasteiger partial charge is 0.354 e. The van der Waals surface area contributed by atoms with E-state index in [1.165, 1.54) is 0 Å². The zero-order valence-electron chi connectivity index (χ0n) is 25.7. The van der Waals surface area contributed by atoms with Gasteiger partial charge in [-0.3, -0.25) is 4.98 Å². The van der Waals surface area contributed by atoms with Crippen LogP contribution in [0, 0.1) is 0 Å². The zero-order valence-corrected chi connectivity index (χ0v) is 28.8. The van der Waals surface area contributed by atoms with Crippen molar-refractivity contribution in [2.75, 3.05) is 0 Å². The summed E-state index contributed by atoms with van der Waals surface area (Å²) in [7, 11) is 0. The molecule has 0 unspecified atom stereocenters. The first-order valence-electron chi connectivity index (χ1n) is 15.6. The summed E-state index contributed by atoms with van der Waals surface area (Å²) < 4.78 is 1.77. The summed E-state index contributed by atoms with van der Waals surface area (Å²) in [5.41, 5.74) is 13.7. The van der Waals surface area contributed by atoms with Crippen LogP contribution in [0.1, 0.15) is 11.4 Å². The smallest absolute Gasteiger partial charge is 0.0891 e. The first-order chi connectivity index (χ1) is 23.7. The Morgan fingerprint density at radius 1 is 0.375 bits per heavy atom. The molecule has 8 rings (SSSR count). The molecule has 7 aromatic rings. The van der Waals surface area contributed by atoms with Crippen LogP contribution in [0.3, 0.4) is 0 Å². The number of aromatic amines is 2. The van der Waals surface area contributed by atoms with Crippen LogP contribution in [0.25, 0.3) is 75.5 Å². The Bertz CT molecular complexity index is 2280. The van der Waals surface area contributed by atoms with Crippen molar-refractivity contribution in [1.29, 1.82) is 0 Å². The minimum Gasteiger partial charge on any atom is -0.354 e. The van der Waals surface area contributed by atoms with E-state index in [9.17, 15) is 0 Å². The van der Waals surface area contributed by atoms with Gasteiger partial charge in [-0.15, -0.1) is 0 Å². The molecule has 3 aromatic heterocycles. The van der Waals surface area contributed by atoms with E-state index < -0.39 is 0 Å². The second-order valence-corrected chi connectivity index (χ2v) is 13.0. The van der Waals surface area contributed by atoms with E-state index in [1.807, 2.05) is 36.7 Å². The molecule has 0 fully saturated rings. The van der Waals surface area contributed by atoms with Crippen molar-refractivity contribution in [3.8, 4) is 44.5 Å². The van der Waals surface area contributed by atoms with Gasteiger partial charge in [0.25, 0.3) is 0 Å². The molecule has 1 aliphatic rings. The monoisotopic (exact) mass is 746 g/mol. The summed E-state index contributed by atoms with van der Waals surface area (Å²) in [5, 5.41) is 0. The highest BCUT2D eigenvalue weighted by atomic mass is 79.9. The third kappa shape index (κ3) is 5.63. The van der Waals surface area contributed by atoms with E-state index in [2.05, 4.69) is 163 Å². The van der Waals surface area contributed by atoms with Gasteiger partial charge in [-0.2, -0.15) is 0 Å². The number of nitrogens with one attached hydrogen (secondary N) is 2. The first kappa shape index (κ1) is 30.1. The Kier molecular flexibility index (Phi) is 8.18. The Morgan fingerprint density at radius 2 is 0.708 bits per heavy atom. The second kappa shape index (κ2) is 13.1. The molecular weight excluding hydrogens is 720 g/mol. The quantitative estimate of drug-likeness (QED) is 0.188. The number of fused-ring (bicyclic) bond motifs is 6. The van der Waals surface area contributed by atoms with E-state index in [0.29, 0.717) is 0 Å². The summed E-state index contributed by atoms with van der Waals surface area (Å²) in [6, 6.07) is 50.0. The molecule has 48 heavy (non-hydrogen) atoms. The van der Waals surface area contributed by atoms with Crippen molar-refractivity contribution in [2.45, 2.75) is 0 Å². The van der Waals surface area contributed by atoms with Gasteiger partial charge in [-0.25, -0.2) is 4.98 Å². The van der Waals surface area contributed by atoms with Crippen molar-refractivity contribution >= 4 is 62.9 Å². The highest BCUT2D eigenvalue weighted by Crippen LogP contribution is 2.46. The minimum absolute atomic E-state index is 0.837. The fraction of sp³-hybridized carbons (Fsp3) is 0. The summed E-state index contributed by atoms with van der Waals surface area (Å²) in [4.78, 5) is 17.9. The molecule has 4 nitrogen and oxygen atoms in total. The predicted molar refractivity (Wildman–Crippen MR) is 207 cm³/mol. The Hall–Kier alpha value is -5.30. The van der Waals surface area contributed by atoms with Crippen molar-refractivity contribution in [1.82, 2.24) is 19.9 Å². The van der Waals surface area contributed by atoms with Crippen LogP contribution >= 0.6 is 31.9 Å². The standard InChI is InChI=1S/C42H28Br2N4/c43-39-40(44)42-38(30-19-11-4-12-20-30)36-24-22-34(47-36)32(28-15-7-2-8-16-28)26-45-25-31(27-13-5-1-6-14-27)33-21-23-35(46-33)37(41(39)48-42)29-17-9-3-10-18-29/h1-26,46-47H. The molecule has 0 amide bonds. The van der Waals surface area contributed by atoms with Crippen LogP contribution in [0.15, 0.2) is 158 Å². The van der Waals surface area contributed by atoms with Gasteiger partial charge < -0.3 is 9.97 Å². The van der Waals surface area contributed by atoms with Crippen LogP contribution in [-0.2, 0) is 0 Å². The lowest BCUT2D eigenvalue weighted by Crippen LogP contribution is -1.89. The van der Waals surface area contributed by atoms with Crippen molar-refractivity contribution < 1.29 is 0 Å². The van der Waals surface area contributed by atoms with E-state index in [4.69, 9.17) is 9.97 Å². The average Bonchev–Trinajstić information content (AvgIpc) is 3.88. The van der Waals surface area contributed by atoms with Crippen LogP contribution in [0.2, 0.25) is 0 Å². The molecule has 4 heterocycles. The van der Waals surface area contributed by atoms with Crippen LogP contribution in [-0.4, -0.2) is 19.9 Å². The number of rotatable bonds is 4. The van der Waals surface area contributed by atoms with E-state index in [0.717, 1.165) is 86.9 Å². The molecule has 0 aliphatic carbocycles. The second-order valence-electron chi connectivity index (χ2n) is 11.5. The number of halogens is 2. The van der Waals surface area contributed by atoms with Crippen LogP contribution in [0.5, 0.6) is 0 Å². The van der Waals surface area contributed by atoms with Crippen molar-refractivity contribution in [2.24, 2.45) is 0 Å². The zero-order chi connectivity index (χ0) is 32.5. The van der Waals surface area contributed by atoms with Gasteiger partial charge in [-0.05, 0) is 78.4 Å². The molecule has 6 heteroatoms. The highest BCUT2D eigenvalue weighted by molar-refractivity contribution is 9.18. The van der Waals surface area contributed by atoms with E-state index >= 15 is 0 Å². The van der Waals surface area contributed by atoms with Crippen molar-refractivity contribution in [3.63, 3.8) is 0 Å². The van der Waals surface area contributed by atoms with Gasteiger partial charge in [0.2, 0.25) is 0 Å². The Morgan fingerprint density at radius 3 is 1.08 bits per heavy atom. The molecule has 0 atom stereocenters. The summed E-state index contributed by atoms with van der Waals surface area (Å²) >= 11 is 7.92. The Labute approximate surface area is 295 Å². The fourth-order valence-corrected chi connectivity index (χ4v) is 7.16. The average molecular weight is 749 g/mol. The fourth-order valence-electron chi connectivity index (χ4n) is 6.22. The maximum Gasteiger partial charge on any atom is 0.0891 e. The third-order valence-corrected chi connectivity index (χ3v) is 10.6. The molecule has 0 radical (unpaired) electrons. The molecule has 2 N–H and O–H groups in total. The number of hydrogen-bond acceptors (Lipinski definition) is 2. The summed E-state index contributed by atoms with van der Waals surface area (Å²) in [5.74, 6) is 0. The number of H-pyrrole nitrogens is 2. The number of hydrogen-bond donors (Lipinski definition) is 2. The number of aromatic nitrogens is 4. The van der Waals surface area contributed by atoms with Crippen molar-refractivity contribution in [3.05, 3.63) is 169 Å². The first-order valence-corrected chi connectivity index (χ1v) is 17.2. The number of nitrogens with zero attached hydrogens (tertiary/aromatic N) is 2. The molecule has 6 bridgehead atoms. The lowest BCUT2D eigenvalue weighted by atomic mass is 10.0. The van der Waals surface area contributed by atoms with Gasteiger partial charge in [0.15, 0.2) is 0 Å². The van der Waals surface area contributed by atoms with Gasteiger partial charge >= 0.3 is 0 Å². The molecule has 0 spiro atoms. The van der Waals surface area contributed by atoms with Crippen LogP contribution < -0.4 is 0 Å². The summed E-state index contributed by atoms with van der Waals surface area (Å²) in [6.45, 7) is 0. The molecular formula is C42H28Br2N4. The molecule has 230 valence electrons. The molecule has 0 saturated carbocycles. The molecule has 1 aliphatic heterocycles. The predicted octanol–water partition coefficient (Wildman–Crippen LogP) is 12.3. The molecule has 4 aromatic carbocycles. The Balaban J connectivity index is 1.58. The van der Waals surface area contributed by atoms with E-state index in [1.54, 1.807) is 0 Å². The summed E-state index contributed by atoms with van der Waals surface area (Å²) in [6.07, 6.45) is 3.89. The van der Waals surface area contributed by atoms with Crippen LogP contribution in [0.4, 0.5) is 0 Å². The van der Waals surface area contributed by atoms with Gasteiger partial charge in [0.1, 0.15) is 0 Å². The maximum atomic E-state index is 5.42. The third-order valence-electron chi connectivity index (χ3n) is 8.50. The SMILES string of the molecule is BrC1=C(Br)c2nc1c(-c1ccccc1)c1ccc([nH]1)c(-c1ccccc1)cncc(-c1ccccc1)c1ccc([nH]1)c2-c1ccccc1. The highest BCUT2D eigenvalue weighted by Gasteiger charge is 2.25. The number of benzene rings is 4. The van der Waals surface area contributed by atoms with Gasteiger partial charge in [0, 0.05) is 56.7 Å². The lowest BCUT2D eigenvalue weighted by molar-refractivity contribution is 1.31.